The number of aromatic amines is 1. The smallest absolute Gasteiger partial charge is 0.361 e. The Labute approximate surface area is 162 Å². The summed E-state index contributed by atoms with van der Waals surface area (Å²) in [4.78, 5) is 15.7. The number of carbonyl (C=O) groups excluding carboxylic acids is 1. The summed E-state index contributed by atoms with van der Waals surface area (Å²) < 4.78 is 39.6. The van der Waals surface area contributed by atoms with Gasteiger partial charge in [-0.2, -0.15) is 13.2 Å². The zero-order chi connectivity index (χ0) is 20.3. The van der Waals surface area contributed by atoms with E-state index >= 15 is 0 Å². The van der Waals surface area contributed by atoms with Crippen molar-refractivity contribution in [2.75, 3.05) is 6.54 Å². The summed E-state index contributed by atoms with van der Waals surface area (Å²) in [7, 11) is 0. The van der Waals surface area contributed by atoms with Gasteiger partial charge in [0.15, 0.2) is 0 Å². The second-order valence-electron chi connectivity index (χ2n) is 7.37. The Morgan fingerprint density at radius 1 is 1.11 bits per heavy atom. The van der Waals surface area contributed by atoms with E-state index in [2.05, 4.69) is 10.3 Å². The van der Waals surface area contributed by atoms with Gasteiger partial charge in [0, 0.05) is 36.0 Å². The van der Waals surface area contributed by atoms with Crippen LogP contribution in [0.3, 0.4) is 0 Å². The minimum absolute atomic E-state index is 0.0792. The lowest BCUT2D eigenvalue weighted by Crippen LogP contribution is -2.28. The molecule has 28 heavy (non-hydrogen) atoms. The zero-order valence-corrected chi connectivity index (χ0v) is 15.8. The van der Waals surface area contributed by atoms with Gasteiger partial charge < -0.3 is 10.3 Å². The molecule has 1 atom stereocenters. The number of alkyl halides is 3. The first-order valence-corrected chi connectivity index (χ1v) is 9.25. The van der Waals surface area contributed by atoms with Crippen LogP contribution in [-0.2, 0) is 11.0 Å². The molecule has 0 spiro atoms. The van der Waals surface area contributed by atoms with Crippen molar-refractivity contribution in [2.24, 2.45) is 5.92 Å². The summed E-state index contributed by atoms with van der Waals surface area (Å²) >= 11 is 0. The maximum atomic E-state index is 13.2. The maximum Gasteiger partial charge on any atom is 0.416 e. The van der Waals surface area contributed by atoms with Crippen LogP contribution >= 0.6 is 0 Å². The molecule has 0 radical (unpaired) electrons. The van der Waals surface area contributed by atoms with Crippen LogP contribution in [0.15, 0.2) is 54.7 Å². The van der Waals surface area contributed by atoms with Gasteiger partial charge in [0.2, 0.25) is 5.91 Å². The van der Waals surface area contributed by atoms with Gasteiger partial charge in [-0.3, -0.25) is 4.79 Å². The Morgan fingerprint density at radius 3 is 2.57 bits per heavy atom. The Balaban J connectivity index is 2.01. The summed E-state index contributed by atoms with van der Waals surface area (Å²) in [5, 5.41) is 3.77. The van der Waals surface area contributed by atoms with E-state index < -0.39 is 17.7 Å². The SMILES string of the molecule is CC(C)CNC(=O)C[C@@H](c1cccc(C(F)(F)F)c1)c1c[nH]c2ccccc12. The monoisotopic (exact) mass is 388 g/mol. The second-order valence-corrected chi connectivity index (χ2v) is 7.37. The second kappa shape index (κ2) is 8.09. The van der Waals surface area contributed by atoms with E-state index in [4.69, 9.17) is 0 Å². The van der Waals surface area contributed by atoms with Crippen molar-refractivity contribution in [3.05, 3.63) is 71.4 Å². The van der Waals surface area contributed by atoms with Crippen LogP contribution in [0.2, 0.25) is 0 Å². The molecule has 0 saturated carbocycles. The fourth-order valence-corrected chi connectivity index (χ4v) is 3.30. The molecule has 3 aromatic rings. The van der Waals surface area contributed by atoms with Gasteiger partial charge in [-0.25, -0.2) is 0 Å². The van der Waals surface area contributed by atoms with E-state index in [9.17, 15) is 18.0 Å². The molecule has 2 aromatic carbocycles. The molecule has 0 unspecified atom stereocenters. The highest BCUT2D eigenvalue weighted by atomic mass is 19.4. The van der Waals surface area contributed by atoms with E-state index in [1.165, 1.54) is 6.07 Å². The molecule has 6 heteroatoms. The van der Waals surface area contributed by atoms with E-state index in [1.54, 1.807) is 12.3 Å². The van der Waals surface area contributed by atoms with Crippen molar-refractivity contribution in [1.29, 1.82) is 0 Å². The number of aromatic nitrogens is 1. The van der Waals surface area contributed by atoms with Crippen LogP contribution in [0.4, 0.5) is 13.2 Å². The molecule has 1 heterocycles. The minimum atomic E-state index is -4.43. The standard InChI is InChI=1S/C22H23F3N2O/c1-14(2)12-27-21(28)11-18(15-6-5-7-16(10-15)22(23,24)25)19-13-26-20-9-4-3-8-17(19)20/h3-10,13-14,18,26H,11-12H2,1-2H3,(H,27,28)/t18-/m0/s1. The Hall–Kier alpha value is -2.76. The summed E-state index contributed by atoms with van der Waals surface area (Å²) in [6.45, 7) is 4.51. The predicted octanol–water partition coefficient (Wildman–Crippen LogP) is 5.48. The minimum Gasteiger partial charge on any atom is -0.361 e. The van der Waals surface area contributed by atoms with Crippen molar-refractivity contribution in [3.63, 3.8) is 0 Å². The van der Waals surface area contributed by atoms with Gasteiger partial charge >= 0.3 is 6.18 Å². The third kappa shape index (κ3) is 4.55. The average Bonchev–Trinajstić information content (AvgIpc) is 3.08. The zero-order valence-electron chi connectivity index (χ0n) is 15.8. The van der Waals surface area contributed by atoms with Gasteiger partial charge in [-0.1, -0.05) is 50.2 Å². The number of rotatable bonds is 6. The van der Waals surface area contributed by atoms with Gasteiger partial charge in [0.25, 0.3) is 0 Å². The molecule has 0 aliphatic rings. The van der Waals surface area contributed by atoms with Crippen LogP contribution in [0.1, 0.15) is 42.9 Å². The number of fused-ring (bicyclic) bond motifs is 1. The molecule has 0 bridgehead atoms. The summed E-state index contributed by atoms with van der Waals surface area (Å²) in [5.41, 5.74) is 1.46. The average molecular weight is 388 g/mol. The number of benzene rings is 2. The first kappa shape index (κ1) is 20.0. The molecule has 0 saturated heterocycles. The van der Waals surface area contributed by atoms with Crippen molar-refractivity contribution in [2.45, 2.75) is 32.4 Å². The maximum absolute atomic E-state index is 13.2. The molecular formula is C22H23F3N2O. The van der Waals surface area contributed by atoms with E-state index in [-0.39, 0.29) is 12.3 Å². The molecule has 0 aliphatic carbocycles. The largest absolute Gasteiger partial charge is 0.416 e. The topological polar surface area (TPSA) is 44.9 Å². The van der Waals surface area contributed by atoms with Crippen LogP contribution < -0.4 is 5.32 Å². The molecule has 1 aromatic heterocycles. The molecular weight excluding hydrogens is 365 g/mol. The number of H-pyrrole nitrogens is 1. The molecule has 3 rings (SSSR count). The number of hydrogen-bond donors (Lipinski definition) is 2. The summed E-state index contributed by atoms with van der Waals surface area (Å²) in [5.74, 6) is -0.365. The van der Waals surface area contributed by atoms with Crippen molar-refractivity contribution < 1.29 is 18.0 Å². The lowest BCUT2D eigenvalue weighted by molar-refractivity contribution is -0.137. The quantitative estimate of drug-likeness (QED) is 0.577. The van der Waals surface area contributed by atoms with E-state index in [0.717, 1.165) is 28.6 Å². The summed E-state index contributed by atoms with van der Waals surface area (Å²) in [6, 6.07) is 12.8. The van der Waals surface area contributed by atoms with Gasteiger partial charge in [-0.05, 0) is 29.2 Å². The van der Waals surface area contributed by atoms with Crippen molar-refractivity contribution in [1.82, 2.24) is 10.3 Å². The van der Waals surface area contributed by atoms with Gasteiger partial charge in [0.05, 0.1) is 5.56 Å². The van der Waals surface area contributed by atoms with Gasteiger partial charge in [-0.15, -0.1) is 0 Å². The molecule has 3 nitrogen and oxygen atoms in total. The highest BCUT2D eigenvalue weighted by Gasteiger charge is 2.31. The van der Waals surface area contributed by atoms with Gasteiger partial charge in [0.1, 0.15) is 0 Å². The van der Waals surface area contributed by atoms with Crippen molar-refractivity contribution >= 4 is 16.8 Å². The Kier molecular flexibility index (Phi) is 5.77. The third-order valence-corrected chi connectivity index (χ3v) is 4.71. The normalized spacial score (nSPS) is 13.1. The number of hydrogen-bond acceptors (Lipinski definition) is 1. The highest BCUT2D eigenvalue weighted by molar-refractivity contribution is 5.86. The van der Waals surface area contributed by atoms with Crippen LogP contribution in [0.5, 0.6) is 0 Å². The Bertz CT molecular complexity index is 960. The fraction of sp³-hybridized carbons (Fsp3) is 0.318. The molecule has 1 amide bonds. The first-order valence-electron chi connectivity index (χ1n) is 9.25. The molecule has 148 valence electrons. The van der Waals surface area contributed by atoms with Crippen LogP contribution in [0.25, 0.3) is 10.9 Å². The predicted molar refractivity (Wildman–Crippen MR) is 104 cm³/mol. The molecule has 2 N–H and O–H groups in total. The number of halogens is 3. The lowest BCUT2D eigenvalue weighted by Gasteiger charge is -2.19. The van der Waals surface area contributed by atoms with E-state index in [1.807, 2.05) is 38.1 Å². The van der Waals surface area contributed by atoms with Crippen LogP contribution in [-0.4, -0.2) is 17.4 Å². The van der Waals surface area contributed by atoms with E-state index in [0.29, 0.717) is 18.0 Å². The number of carbonyl (C=O) groups is 1. The lowest BCUT2D eigenvalue weighted by atomic mass is 9.87. The number of para-hydroxylation sites is 1. The third-order valence-electron chi connectivity index (χ3n) is 4.71. The van der Waals surface area contributed by atoms with Crippen molar-refractivity contribution in [3.8, 4) is 0 Å². The summed E-state index contributed by atoms with van der Waals surface area (Å²) in [6.07, 6.45) is -2.57. The molecule has 0 aliphatic heterocycles. The number of nitrogens with one attached hydrogen (secondary N) is 2. The fourth-order valence-electron chi connectivity index (χ4n) is 3.30. The first-order chi connectivity index (χ1) is 13.3. The highest BCUT2D eigenvalue weighted by Crippen LogP contribution is 2.36. The Morgan fingerprint density at radius 2 is 1.86 bits per heavy atom. The number of amides is 1. The van der Waals surface area contributed by atoms with Crippen LogP contribution in [0, 0.1) is 5.92 Å². The molecule has 0 fully saturated rings.